The van der Waals surface area contributed by atoms with Crippen LogP contribution in [-0.2, 0) is 23.1 Å². The third-order valence-corrected chi connectivity index (χ3v) is 4.53. The van der Waals surface area contributed by atoms with Gasteiger partial charge in [-0.15, -0.1) is 0 Å². The smallest absolute Gasteiger partial charge is 0.221 e. The van der Waals surface area contributed by atoms with E-state index in [1.54, 1.807) is 6.20 Å². The van der Waals surface area contributed by atoms with Gasteiger partial charge in [-0.25, -0.2) is 13.4 Å². The summed E-state index contributed by atoms with van der Waals surface area (Å²) in [5.41, 5.74) is 5.26. The van der Waals surface area contributed by atoms with Gasteiger partial charge in [-0.2, -0.15) is 4.31 Å². The summed E-state index contributed by atoms with van der Waals surface area (Å²) in [7, 11) is -3.39. The van der Waals surface area contributed by atoms with Gasteiger partial charge >= 0.3 is 0 Å². The van der Waals surface area contributed by atoms with Crippen LogP contribution in [0.15, 0.2) is 12.4 Å². The van der Waals surface area contributed by atoms with Crippen molar-refractivity contribution < 1.29 is 8.42 Å². The molecule has 2 rings (SSSR count). The van der Waals surface area contributed by atoms with Gasteiger partial charge < -0.3 is 10.3 Å². The molecular weight excluding hydrogens is 248 g/mol. The largest absolute Gasteiger partial charge is 0.392 e. The quantitative estimate of drug-likeness (QED) is 0.728. The topological polar surface area (TPSA) is 81.2 Å². The van der Waals surface area contributed by atoms with Gasteiger partial charge in [0.2, 0.25) is 10.0 Å². The first-order valence-electron chi connectivity index (χ1n) is 4.75. The second kappa shape index (κ2) is 4.11. The van der Waals surface area contributed by atoms with Gasteiger partial charge in [0, 0.05) is 25.5 Å². The summed E-state index contributed by atoms with van der Waals surface area (Å²) < 4.78 is 27.0. The Morgan fingerprint density at radius 3 is 3.00 bits per heavy atom. The first-order valence-corrected chi connectivity index (χ1v) is 6.77. The number of nitrogens with two attached hydrogens (primary N) is 1. The maximum absolute atomic E-state index is 11.8. The van der Waals surface area contributed by atoms with Crippen LogP contribution in [-0.4, -0.2) is 39.6 Å². The lowest BCUT2D eigenvalue weighted by atomic mass is 10.4. The summed E-state index contributed by atoms with van der Waals surface area (Å²) in [5, 5.41) is 0. The summed E-state index contributed by atoms with van der Waals surface area (Å²) in [6.45, 7) is 1.35. The van der Waals surface area contributed by atoms with E-state index >= 15 is 0 Å². The Balaban J connectivity index is 2.17. The molecular formula is C8H12N4O2S2. The van der Waals surface area contributed by atoms with Crippen LogP contribution in [0.2, 0.25) is 0 Å². The Morgan fingerprint density at radius 2 is 2.31 bits per heavy atom. The fourth-order valence-corrected chi connectivity index (χ4v) is 3.32. The Kier molecular flexibility index (Phi) is 2.96. The zero-order chi connectivity index (χ0) is 11.8. The molecule has 16 heavy (non-hydrogen) atoms. The van der Waals surface area contributed by atoms with E-state index in [1.165, 1.54) is 4.31 Å². The second-order valence-electron chi connectivity index (χ2n) is 3.59. The van der Waals surface area contributed by atoms with E-state index in [9.17, 15) is 8.42 Å². The average molecular weight is 260 g/mol. The number of hydrogen-bond donors (Lipinski definition) is 1. The third kappa shape index (κ3) is 2.23. The SMILES string of the molecule is NC(=S)CS(=O)(=O)N1CCn2ccnc2C1. The lowest BCUT2D eigenvalue weighted by Crippen LogP contribution is -2.41. The minimum Gasteiger partial charge on any atom is -0.392 e. The minimum atomic E-state index is -3.39. The summed E-state index contributed by atoms with van der Waals surface area (Å²) >= 11 is 4.63. The first kappa shape index (κ1) is 11.5. The molecule has 2 N–H and O–H groups in total. The lowest BCUT2D eigenvalue weighted by Gasteiger charge is -2.26. The molecule has 6 nitrogen and oxygen atoms in total. The van der Waals surface area contributed by atoms with E-state index in [0.29, 0.717) is 13.1 Å². The summed E-state index contributed by atoms with van der Waals surface area (Å²) in [6.07, 6.45) is 3.51. The highest BCUT2D eigenvalue weighted by atomic mass is 32.2. The standard InChI is InChI=1S/C8H12N4O2S2/c9-7(15)6-16(13,14)12-4-3-11-2-1-10-8(11)5-12/h1-2H,3-6H2,(H2,9,15). The molecule has 0 atom stereocenters. The molecule has 1 aliphatic rings. The predicted octanol–water partition coefficient (Wildman–Crippen LogP) is -0.685. The number of rotatable bonds is 3. The van der Waals surface area contributed by atoms with E-state index in [2.05, 4.69) is 17.2 Å². The first-order chi connectivity index (χ1) is 7.49. The van der Waals surface area contributed by atoms with E-state index in [1.807, 2.05) is 10.8 Å². The fourth-order valence-electron chi connectivity index (χ4n) is 1.66. The molecule has 88 valence electrons. The molecule has 0 aliphatic carbocycles. The zero-order valence-electron chi connectivity index (χ0n) is 8.54. The number of aromatic nitrogens is 2. The minimum absolute atomic E-state index is 0.00563. The van der Waals surface area contributed by atoms with Gasteiger partial charge in [0.1, 0.15) is 11.6 Å². The highest BCUT2D eigenvalue weighted by Gasteiger charge is 2.27. The van der Waals surface area contributed by atoms with Crippen LogP contribution in [0.3, 0.4) is 0 Å². The maximum Gasteiger partial charge on any atom is 0.221 e. The van der Waals surface area contributed by atoms with Gasteiger partial charge in [-0.05, 0) is 0 Å². The molecule has 0 unspecified atom stereocenters. The van der Waals surface area contributed by atoms with E-state index < -0.39 is 10.0 Å². The molecule has 0 amide bonds. The molecule has 0 radical (unpaired) electrons. The van der Waals surface area contributed by atoms with Gasteiger partial charge in [-0.1, -0.05) is 12.2 Å². The van der Waals surface area contributed by atoms with Crippen LogP contribution >= 0.6 is 12.2 Å². The molecule has 0 bridgehead atoms. The van der Waals surface area contributed by atoms with Crippen molar-refractivity contribution in [3.63, 3.8) is 0 Å². The molecule has 0 spiro atoms. The summed E-state index contributed by atoms with van der Waals surface area (Å²) in [5.74, 6) is 0.473. The molecule has 1 aromatic heterocycles. The fraction of sp³-hybridized carbons (Fsp3) is 0.500. The normalized spacial score (nSPS) is 17.0. The Morgan fingerprint density at radius 1 is 1.56 bits per heavy atom. The number of imidazole rings is 1. The molecule has 8 heteroatoms. The van der Waals surface area contributed by atoms with Crippen molar-refractivity contribution in [3.8, 4) is 0 Å². The van der Waals surface area contributed by atoms with E-state index in [0.717, 1.165) is 5.82 Å². The van der Waals surface area contributed by atoms with Crippen molar-refractivity contribution in [3.05, 3.63) is 18.2 Å². The van der Waals surface area contributed by atoms with Gasteiger partial charge in [0.25, 0.3) is 0 Å². The van der Waals surface area contributed by atoms with Gasteiger partial charge in [0.15, 0.2) is 0 Å². The van der Waals surface area contributed by atoms with Gasteiger partial charge in [-0.3, -0.25) is 0 Å². The number of fused-ring (bicyclic) bond motifs is 1. The van der Waals surface area contributed by atoms with Crippen molar-refractivity contribution in [2.45, 2.75) is 13.1 Å². The van der Waals surface area contributed by atoms with Gasteiger partial charge in [0.05, 0.1) is 11.5 Å². The van der Waals surface area contributed by atoms with E-state index in [-0.39, 0.29) is 17.3 Å². The Bertz CT molecular complexity index is 508. The number of sulfonamides is 1. The maximum atomic E-state index is 11.8. The number of thiocarbonyl (C=S) groups is 1. The summed E-state index contributed by atoms with van der Waals surface area (Å²) in [6, 6.07) is 0. The molecule has 0 fully saturated rings. The Hall–Kier alpha value is -0.990. The van der Waals surface area contributed by atoms with Crippen molar-refractivity contribution in [1.29, 1.82) is 0 Å². The van der Waals surface area contributed by atoms with E-state index in [4.69, 9.17) is 5.73 Å². The summed E-state index contributed by atoms with van der Waals surface area (Å²) in [4.78, 5) is 4.09. The van der Waals surface area contributed by atoms with Crippen LogP contribution < -0.4 is 5.73 Å². The predicted molar refractivity (Wildman–Crippen MR) is 63.2 cm³/mol. The zero-order valence-corrected chi connectivity index (χ0v) is 10.2. The average Bonchev–Trinajstić information content (AvgIpc) is 2.61. The van der Waals surface area contributed by atoms with Crippen molar-refractivity contribution in [2.24, 2.45) is 5.73 Å². The molecule has 1 aliphatic heterocycles. The van der Waals surface area contributed by atoms with Crippen LogP contribution in [0.5, 0.6) is 0 Å². The van der Waals surface area contributed by atoms with Crippen LogP contribution in [0.4, 0.5) is 0 Å². The van der Waals surface area contributed by atoms with Crippen LogP contribution in [0.25, 0.3) is 0 Å². The molecule has 0 aromatic carbocycles. The molecule has 0 saturated heterocycles. The molecule has 0 saturated carbocycles. The van der Waals surface area contributed by atoms with Crippen molar-refractivity contribution in [1.82, 2.24) is 13.9 Å². The molecule has 2 heterocycles. The van der Waals surface area contributed by atoms with Crippen LogP contribution in [0.1, 0.15) is 5.82 Å². The number of nitrogens with zero attached hydrogens (tertiary/aromatic N) is 3. The molecule has 1 aromatic rings. The third-order valence-electron chi connectivity index (χ3n) is 2.43. The number of hydrogen-bond acceptors (Lipinski definition) is 4. The highest BCUT2D eigenvalue weighted by Crippen LogP contribution is 2.14. The van der Waals surface area contributed by atoms with Crippen molar-refractivity contribution >= 4 is 27.2 Å². The van der Waals surface area contributed by atoms with Crippen molar-refractivity contribution in [2.75, 3.05) is 12.3 Å². The Labute approximate surface area is 99.1 Å². The lowest BCUT2D eigenvalue weighted by molar-refractivity contribution is 0.337. The highest BCUT2D eigenvalue weighted by molar-refractivity contribution is 7.92. The second-order valence-corrected chi connectivity index (χ2v) is 6.09. The van der Waals surface area contributed by atoms with Crippen LogP contribution in [0, 0.1) is 0 Å². The monoisotopic (exact) mass is 260 g/mol.